The highest BCUT2D eigenvalue weighted by molar-refractivity contribution is 5.78. The van der Waals surface area contributed by atoms with Gasteiger partial charge in [-0.05, 0) is 32.1 Å². The molecule has 2 saturated heterocycles. The molecule has 1 unspecified atom stereocenters. The highest BCUT2D eigenvalue weighted by Crippen LogP contribution is 2.33. The molecule has 2 fully saturated rings. The highest BCUT2D eigenvalue weighted by Gasteiger charge is 2.43. The van der Waals surface area contributed by atoms with Gasteiger partial charge in [0, 0.05) is 13.0 Å². The van der Waals surface area contributed by atoms with Crippen molar-refractivity contribution in [3.05, 3.63) is 0 Å². The molecule has 4 nitrogen and oxygen atoms in total. The number of ether oxygens (including phenoxy) is 3. The molecule has 0 aromatic heterocycles. The predicted octanol–water partition coefficient (Wildman–Crippen LogP) is 7.72. The van der Waals surface area contributed by atoms with Crippen molar-refractivity contribution in [2.24, 2.45) is 5.92 Å². The minimum absolute atomic E-state index is 0.0113. The van der Waals surface area contributed by atoms with Crippen LogP contribution in [-0.4, -0.2) is 31.1 Å². The fraction of sp³-hybridized carbons (Fsp3) is 0.963. The zero-order valence-electron chi connectivity index (χ0n) is 20.6. The molecule has 2 aliphatic rings. The smallest absolute Gasteiger partial charge is 0.313 e. The van der Waals surface area contributed by atoms with Crippen molar-refractivity contribution in [2.75, 3.05) is 6.61 Å². The van der Waals surface area contributed by atoms with E-state index in [-0.39, 0.29) is 30.4 Å². The molecular weight excluding hydrogens is 388 g/mol. The lowest BCUT2D eigenvalue weighted by Gasteiger charge is -2.38. The summed E-state index contributed by atoms with van der Waals surface area (Å²) < 4.78 is 17.8. The molecule has 0 radical (unpaired) electrons. The van der Waals surface area contributed by atoms with E-state index >= 15 is 0 Å². The standard InChI is InChI=1S/C27H50O4/c1-3-5-7-9-10-11-12-13-14-18-23(30-26-20-16-17-21-29-26)22-25-24(27(28)31-25)19-15-8-6-4-2/h23-26H,3-22H2,1-2H3/t23-,24+,25+,26?/m1/s1. The summed E-state index contributed by atoms with van der Waals surface area (Å²) >= 11 is 0. The van der Waals surface area contributed by atoms with Gasteiger partial charge in [-0.15, -0.1) is 0 Å². The summed E-state index contributed by atoms with van der Waals surface area (Å²) in [7, 11) is 0. The first kappa shape index (κ1) is 26.6. The Hall–Kier alpha value is -0.610. The van der Waals surface area contributed by atoms with Crippen LogP contribution >= 0.6 is 0 Å². The number of unbranched alkanes of at least 4 members (excludes halogenated alkanes) is 11. The summed E-state index contributed by atoms with van der Waals surface area (Å²) in [6.45, 7) is 5.31. The maximum atomic E-state index is 12.0. The van der Waals surface area contributed by atoms with Crippen LogP contribution in [0.4, 0.5) is 0 Å². The largest absolute Gasteiger partial charge is 0.461 e. The van der Waals surface area contributed by atoms with Crippen molar-refractivity contribution < 1.29 is 19.0 Å². The monoisotopic (exact) mass is 438 g/mol. The number of rotatable bonds is 19. The Morgan fingerprint density at radius 3 is 2.13 bits per heavy atom. The Morgan fingerprint density at radius 2 is 1.52 bits per heavy atom. The van der Waals surface area contributed by atoms with Gasteiger partial charge in [-0.1, -0.05) is 97.3 Å². The summed E-state index contributed by atoms with van der Waals surface area (Å²) in [5, 5.41) is 0. The van der Waals surface area contributed by atoms with E-state index in [1.54, 1.807) is 0 Å². The topological polar surface area (TPSA) is 44.8 Å². The van der Waals surface area contributed by atoms with Gasteiger partial charge in [-0.3, -0.25) is 4.79 Å². The minimum atomic E-state index is -0.0592. The molecule has 0 spiro atoms. The van der Waals surface area contributed by atoms with Gasteiger partial charge in [0.05, 0.1) is 12.0 Å². The average Bonchev–Trinajstić information content (AvgIpc) is 2.78. The molecule has 182 valence electrons. The number of cyclic esters (lactones) is 1. The fourth-order valence-electron chi connectivity index (χ4n) is 4.92. The SMILES string of the molecule is CCCCCCCCCCC[C@H](C[C@@H]1OC(=O)[C@H]1CCCCCC)OC1CCCCO1. The molecular formula is C27H50O4. The predicted molar refractivity (Wildman–Crippen MR) is 127 cm³/mol. The van der Waals surface area contributed by atoms with E-state index in [0.29, 0.717) is 0 Å². The van der Waals surface area contributed by atoms with Crippen LogP contribution in [0.15, 0.2) is 0 Å². The Morgan fingerprint density at radius 1 is 0.871 bits per heavy atom. The van der Waals surface area contributed by atoms with E-state index < -0.39 is 0 Å². The van der Waals surface area contributed by atoms with E-state index in [2.05, 4.69) is 13.8 Å². The van der Waals surface area contributed by atoms with E-state index in [0.717, 1.165) is 45.1 Å². The first-order valence-electron chi connectivity index (χ1n) is 13.7. The average molecular weight is 439 g/mol. The Kier molecular flexibility index (Phi) is 14.6. The number of hydrogen-bond donors (Lipinski definition) is 0. The summed E-state index contributed by atoms with van der Waals surface area (Å²) in [5.74, 6) is 0.107. The molecule has 2 aliphatic heterocycles. The molecule has 0 aromatic rings. The van der Waals surface area contributed by atoms with Gasteiger partial charge >= 0.3 is 5.97 Å². The molecule has 31 heavy (non-hydrogen) atoms. The normalized spacial score (nSPS) is 24.6. The van der Waals surface area contributed by atoms with Crippen molar-refractivity contribution in [3.63, 3.8) is 0 Å². The number of carbonyl (C=O) groups is 1. The van der Waals surface area contributed by atoms with Crippen molar-refractivity contribution in [2.45, 2.75) is 154 Å². The van der Waals surface area contributed by atoms with Crippen LogP contribution < -0.4 is 0 Å². The molecule has 0 bridgehead atoms. The lowest BCUT2D eigenvalue weighted by atomic mass is 9.86. The third-order valence-corrected chi connectivity index (χ3v) is 6.99. The van der Waals surface area contributed by atoms with Gasteiger partial charge in [0.25, 0.3) is 0 Å². The molecule has 0 N–H and O–H groups in total. The van der Waals surface area contributed by atoms with Crippen molar-refractivity contribution in [3.8, 4) is 0 Å². The second-order valence-corrected chi connectivity index (χ2v) is 9.84. The summed E-state index contributed by atoms with van der Waals surface area (Å²) in [6, 6.07) is 0. The van der Waals surface area contributed by atoms with E-state index in [1.807, 2.05) is 0 Å². The Bertz CT molecular complexity index is 447. The first-order valence-corrected chi connectivity index (χ1v) is 13.7. The van der Waals surface area contributed by atoms with Gasteiger partial charge in [0.15, 0.2) is 6.29 Å². The highest BCUT2D eigenvalue weighted by atomic mass is 16.7. The molecule has 0 aliphatic carbocycles. The second kappa shape index (κ2) is 16.9. The van der Waals surface area contributed by atoms with Crippen LogP contribution in [0.2, 0.25) is 0 Å². The van der Waals surface area contributed by atoms with Crippen LogP contribution in [0, 0.1) is 5.92 Å². The molecule has 2 heterocycles. The zero-order chi connectivity index (χ0) is 22.2. The molecule has 4 atom stereocenters. The van der Waals surface area contributed by atoms with Crippen LogP contribution in [0.3, 0.4) is 0 Å². The lowest BCUT2D eigenvalue weighted by molar-refractivity contribution is -0.211. The Balaban J connectivity index is 1.69. The maximum Gasteiger partial charge on any atom is 0.313 e. The third-order valence-electron chi connectivity index (χ3n) is 6.99. The first-order chi connectivity index (χ1) is 15.2. The van der Waals surface area contributed by atoms with Crippen LogP contribution in [0.1, 0.15) is 136 Å². The second-order valence-electron chi connectivity index (χ2n) is 9.84. The van der Waals surface area contributed by atoms with Gasteiger partial charge in [0.2, 0.25) is 0 Å². The molecule has 4 heteroatoms. The molecule has 0 aromatic carbocycles. The third kappa shape index (κ3) is 11.2. The van der Waals surface area contributed by atoms with Gasteiger partial charge < -0.3 is 14.2 Å². The van der Waals surface area contributed by atoms with E-state index in [9.17, 15) is 4.79 Å². The molecule has 0 saturated carbocycles. The number of esters is 1. The maximum absolute atomic E-state index is 12.0. The van der Waals surface area contributed by atoms with Gasteiger partial charge in [0.1, 0.15) is 6.10 Å². The zero-order valence-corrected chi connectivity index (χ0v) is 20.6. The van der Waals surface area contributed by atoms with E-state index in [1.165, 1.54) is 83.5 Å². The summed E-state index contributed by atoms with van der Waals surface area (Å²) in [4.78, 5) is 12.0. The number of carbonyl (C=O) groups excluding carboxylic acids is 1. The van der Waals surface area contributed by atoms with Crippen molar-refractivity contribution in [1.29, 1.82) is 0 Å². The van der Waals surface area contributed by atoms with Crippen LogP contribution in [0.5, 0.6) is 0 Å². The number of hydrogen-bond acceptors (Lipinski definition) is 4. The fourth-order valence-corrected chi connectivity index (χ4v) is 4.92. The van der Waals surface area contributed by atoms with Crippen LogP contribution in [-0.2, 0) is 19.0 Å². The van der Waals surface area contributed by atoms with Crippen molar-refractivity contribution >= 4 is 5.97 Å². The van der Waals surface area contributed by atoms with Gasteiger partial charge in [-0.25, -0.2) is 0 Å². The molecule has 0 amide bonds. The van der Waals surface area contributed by atoms with Gasteiger partial charge in [-0.2, -0.15) is 0 Å². The van der Waals surface area contributed by atoms with Crippen LogP contribution in [0.25, 0.3) is 0 Å². The van der Waals surface area contributed by atoms with Crippen molar-refractivity contribution in [1.82, 2.24) is 0 Å². The minimum Gasteiger partial charge on any atom is -0.461 e. The summed E-state index contributed by atoms with van der Waals surface area (Å²) in [6.07, 6.45) is 23.3. The molecule has 2 rings (SSSR count). The summed E-state index contributed by atoms with van der Waals surface area (Å²) in [5.41, 5.74) is 0. The Labute approximate surface area is 192 Å². The lowest BCUT2D eigenvalue weighted by Crippen LogP contribution is -2.47. The van der Waals surface area contributed by atoms with E-state index in [4.69, 9.17) is 14.2 Å². The quantitative estimate of drug-likeness (QED) is 0.153.